The van der Waals surface area contributed by atoms with Gasteiger partial charge < -0.3 is 5.11 Å². The second-order valence-corrected chi connectivity index (χ2v) is 6.35. The third-order valence-corrected chi connectivity index (χ3v) is 4.75. The molecule has 1 aliphatic heterocycles. The van der Waals surface area contributed by atoms with Crippen molar-refractivity contribution in [2.45, 2.75) is 18.4 Å². The predicted octanol–water partition coefficient (Wildman–Crippen LogP) is 2.21. The van der Waals surface area contributed by atoms with E-state index in [1.165, 1.54) is 22.8 Å². The van der Waals surface area contributed by atoms with Crippen LogP contribution in [0, 0.1) is 16.0 Å². The van der Waals surface area contributed by atoms with E-state index < -0.39 is 22.5 Å². The van der Waals surface area contributed by atoms with Gasteiger partial charge in [0.1, 0.15) is 11.9 Å². The number of hydrogen-bond acceptors (Lipinski definition) is 5. The van der Waals surface area contributed by atoms with Crippen molar-refractivity contribution in [3.63, 3.8) is 0 Å². The molecule has 4 rings (SSSR count). The van der Waals surface area contributed by atoms with Gasteiger partial charge >= 0.3 is 5.97 Å². The summed E-state index contributed by atoms with van der Waals surface area (Å²) >= 11 is 5.92. The number of carboxylic acids is 1. The van der Waals surface area contributed by atoms with Gasteiger partial charge in [-0.3, -0.25) is 19.5 Å². The van der Waals surface area contributed by atoms with Crippen LogP contribution in [0.4, 0.5) is 5.69 Å². The lowest BCUT2D eigenvalue weighted by Gasteiger charge is -2.14. The third kappa shape index (κ3) is 2.03. The largest absolute Gasteiger partial charge is 0.480 e. The first-order valence-corrected chi connectivity index (χ1v) is 7.57. The fraction of sp³-hybridized carbons (Fsp3) is 0.267. The van der Waals surface area contributed by atoms with Gasteiger partial charge in [0.05, 0.1) is 16.2 Å². The molecule has 24 heavy (non-hydrogen) atoms. The van der Waals surface area contributed by atoms with Crippen LogP contribution < -0.4 is 5.56 Å². The second kappa shape index (κ2) is 4.88. The number of nitro groups is 1. The van der Waals surface area contributed by atoms with Crippen LogP contribution in [0.2, 0.25) is 5.02 Å². The Hall–Kier alpha value is -2.74. The lowest BCUT2D eigenvalue weighted by molar-refractivity contribution is -0.384. The Morgan fingerprint density at radius 3 is 2.83 bits per heavy atom. The van der Waals surface area contributed by atoms with Crippen LogP contribution in [0.1, 0.15) is 24.2 Å². The first kappa shape index (κ1) is 14.8. The number of halogens is 1. The molecular weight excluding hydrogens is 338 g/mol. The van der Waals surface area contributed by atoms with Gasteiger partial charge in [-0.2, -0.15) is 0 Å². The number of aromatic nitrogens is 2. The number of nitro benzene ring substituents is 1. The van der Waals surface area contributed by atoms with Gasteiger partial charge in [0.15, 0.2) is 0 Å². The van der Waals surface area contributed by atoms with Gasteiger partial charge in [0.2, 0.25) is 0 Å². The maximum Gasteiger partial charge on any atom is 0.327 e. The zero-order valence-electron chi connectivity index (χ0n) is 12.0. The average Bonchev–Trinajstić information content (AvgIpc) is 3.22. The molecule has 0 bridgehead atoms. The van der Waals surface area contributed by atoms with Crippen molar-refractivity contribution in [1.82, 2.24) is 9.55 Å². The Labute approximate surface area is 139 Å². The number of aliphatic carboxylic acids is 1. The summed E-state index contributed by atoms with van der Waals surface area (Å²) in [6.07, 6.45) is 0.657. The highest BCUT2D eigenvalue weighted by Gasteiger charge is 2.57. The van der Waals surface area contributed by atoms with Crippen LogP contribution >= 0.6 is 11.6 Å². The number of carbonyl (C=O) groups is 1. The van der Waals surface area contributed by atoms with Gasteiger partial charge in [0, 0.05) is 29.0 Å². The molecule has 122 valence electrons. The Kier molecular flexibility index (Phi) is 3.01. The summed E-state index contributed by atoms with van der Waals surface area (Å²) in [5.74, 6) is -0.903. The molecule has 0 saturated heterocycles. The van der Waals surface area contributed by atoms with E-state index in [1.807, 2.05) is 0 Å². The van der Waals surface area contributed by atoms with E-state index >= 15 is 0 Å². The lowest BCUT2D eigenvalue weighted by atomic mass is 10.1. The fourth-order valence-electron chi connectivity index (χ4n) is 3.41. The normalized spacial score (nSPS) is 23.5. The van der Waals surface area contributed by atoms with E-state index in [-0.39, 0.29) is 33.8 Å². The molecule has 0 spiro atoms. The summed E-state index contributed by atoms with van der Waals surface area (Å²) in [5.41, 5.74) is -0.457. The Morgan fingerprint density at radius 2 is 2.17 bits per heavy atom. The van der Waals surface area contributed by atoms with E-state index in [9.17, 15) is 24.8 Å². The van der Waals surface area contributed by atoms with Crippen molar-refractivity contribution in [1.29, 1.82) is 0 Å². The van der Waals surface area contributed by atoms with Gasteiger partial charge in [-0.15, -0.1) is 0 Å². The molecule has 0 unspecified atom stereocenters. The minimum absolute atomic E-state index is 0.0861. The van der Waals surface area contributed by atoms with Crippen LogP contribution in [0.25, 0.3) is 11.3 Å². The minimum Gasteiger partial charge on any atom is -0.480 e. The molecule has 3 atom stereocenters. The summed E-state index contributed by atoms with van der Waals surface area (Å²) in [5, 5.41) is 20.8. The zero-order chi connectivity index (χ0) is 17.2. The van der Waals surface area contributed by atoms with Crippen LogP contribution in [-0.4, -0.2) is 25.6 Å². The summed E-state index contributed by atoms with van der Waals surface area (Å²) in [6.45, 7) is 0. The molecule has 1 aliphatic carbocycles. The van der Waals surface area contributed by atoms with Crippen LogP contribution in [0.3, 0.4) is 0 Å². The molecule has 2 heterocycles. The van der Waals surface area contributed by atoms with E-state index in [2.05, 4.69) is 4.98 Å². The molecule has 1 fully saturated rings. The van der Waals surface area contributed by atoms with Gasteiger partial charge in [-0.1, -0.05) is 11.6 Å². The SMILES string of the molecule is O=C(O)[C@@H]1[C@H]2C[C@H]2c2nc(-c3cc(Cl)ccc3[N+](=O)[O-])cc(=O)n21. The smallest absolute Gasteiger partial charge is 0.327 e. The minimum atomic E-state index is -1.06. The molecule has 1 aromatic carbocycles. The topological polar surface area (TPSA) is 115 Å². The molecule has 1 saturated carbocycles. The standard InChI is InChI=1S/C15H10ClN3O5/c16-6-1-2-11(19(23)24)9(3-6)10-5-12(20)18-13(15(21)22)7-4-8(7)14(18)17-10/h1-3,5,7-8,13H,4H2,(H,21,22)/t7-,8+,13-/m0/s1. The summed E-state index contributed by atoms with van der Waals surface area (Å²) in [7, 11) is 0. The molecule has 9 heteroatoms. The predicted molar refractivity (Wildman–Crippen MR) is 83.1 cm³/mol. The maximum absolute atomic E-state index is 12.4. The highest BCUT2D eigenvalue weighted by molar-refractivity contribution is 6.31. The average molecular weight is 348 g/mol. The Morgan fingerprint density at radius 1 is 1.42 bits per heavy atom. The fourth-order valence-corrected chi connectivity index (χ4v) is 3.58. The molecular formula is C15H10ClN3O5. The van der Waals surface area contributed by atoms with Crippen molar-refractivity contribution in [2.75, 3.05) is 0 Å². The van der Waals surface area contributed by atoms with Crippen LogP contribution in [0.5, 0.6) is 0 Å². The Balaban J connectivity index is 1.92. The summed E-state index contributed by atoms with van der Waals surface area (Å²) in [4.78, 5) is 38.8. The number of nitrogens with zero attached hydrogens (tertiary/aromatic N) is 3. The molecule has 0 radical (unpaired) electrons. The van der Waals surface area contributed by atoms with E-state index in [0.717, 1.165) is 6.07 Å². The lowest BCUT2D eigenvalue weighted by Crippen LogP contribution is -2.30. The number of carboxylic acid groups (broad SMARTS) is 1. The van der Waals surface area contributed by atoms with Crippen molar-refractivity contribution < 1.29 is 14.8 Å². The van der Waals surface area contributed by atoms with Crippen LogP contribution in [-0.2, 0) is 4.79 Å². The van der Waals surface area contributed by atoms with E-state index in [4.69, 9.17) is 11.6 Å². The zero-order valence-corrected chi connectivity index (χ0v) is 12.8. The van der Waals surface area contributed by atoms with Crippen molar-refractivity contribution in [2.24, 2.45) is 5.92 Å². The molecule has 1 aromatic heterocycles. The molecule has 2 aliphatic rings. The first-order valence-electron chi connectivity index (χ1n) is 7.19. The van der Waals surface area contributed by atoms with Gasteiger partial charge in [-0.25, -0.2) is 9.78 Å². The monoisotopic (exact) mass is 347 g/mol. The van der Waals surface area contributed by atoms with Crippen molar-refractivity contribution >= 4 is 23.3 Å². The second-order valence-electron chi connectivity index (χ2n) is 5.92. The molecule has 8 nitrogen and oxygen atoms in total. The number of benzene rings is 1. The quantitative estimate of drug-likeness (QED) is 0.672. The maximum atomic E-state index is 12.4. The highest BCUT2D eigenvalue weighted by Crippen LogP contribution is 2.58. The van der Waals surface area contributed by atoms with Crippen molar-refractivity contribution in [3.8, 4) is 11.3 Å². The summed E-state index contributed by atoms with van der Waals surface area (Å²) < 4.78 is 1.18. The first-order chi connectivity index (χ1) is 11.4. The number of rotatable bonds is 3. The molecule has 0 amide bonds. The van der Waals surface area contributed by atoms with Crippen molar-refractivity contribution in [3.05, 3.63) is 55.6 Å². The van der Waals surface area contributed by atoms with E-state index in [0.29, 0.717) is 12.2 Å². The molecule has 1 N–H and O–H groups in total. The van der Waals surface area contributed by atoms with E-state index in [1.54, 1.807) is 0 Å². The number of hydrogen-bond donors (Lipinski definition) is 1. The van der Waals surface area contributed by atoms with Gasteiger partial charge in [0.25, 0.3) is 11.2 Å². The summed E-state index contributed by atoms with van der Waals surface area (Å²) in [6, 6.07) is 4.24. The Bertz CT molecular complexity index is 970. The number of fused-ring (bicyclic) bond motifs is 3. The van der Waals surface area contributed by atoms with Gasteiger partial charge in [-0.05, 0) is 18.6 Å². The third-order valence-electron chi connectivity index (χ3n) is 4.52. The highest BCUT2D eigenvalue weighted by atomic mass is 35.5. The van der Waals surface area contributed by atoms with Crippen LogP contribution in [0.15, 0.2) is 29.1 Å². The molecule has 2 aromatic rings.